The van der Waals surface area contributed by atoms with Crippen molar-refractivity contribution in [3.05, 3.63) is 21.7 Å². The summed E-state index contributed by atoms with van der Waals surface area (Å²) in [4.78, 5) is 0. The van der Waals surface area contributed by atoms with Gasteiger partial charge in [-0.3, -0.25) is 0 Å². The zero-order valence-corrected chi connectivity index (χ0v) is 11.1. The van der Waals surface area contributed by atoms with E-state index in [1.807, 2.05) is 0 Å². The van der Waals surface area contributed by atoms with Crippen LogP contribution in [0, 0.1) is 6.92 Å². The Kier molecular flexibility index (Phi) is 4.58. The maximum atomic E-state index is 9.94. The summed E-state index contributed by atoms with van der Waals surface area (Å²) in [6.45, 7) is 2.13. The monoisotopic (exact) mass is 289 g/mol. The summed E-state index contributed by atoms with van der Waals surface area (Å²) in [7, 11) is 3.28. The number of aromatic hydroxyl groups is 1. The van der Waals surface area contributed by atoms with Gasteiger partial charge in [-0.05, 0) is 36.0 Å². The molecule has 4 nitrogen and oxygen atoms in total. The van der Waals surface area contributed by atoms with E-state index in [1.54, 1.807) is 20.0 Å². The lowest BCUT2D eigenvalue weighted by Gasteiger charge is -2.17. The second kappa shape index (κ2) is 5.52. The van der Waals surface area contributed by atoms with E-state index in [2.05, 4.69) is 21.2 Å². The van der Waals surface area contributed by atoms with Crippen LogP contribution >= 0.6 is 15.9 Å². The molecule has 5 heteroatoms. The minimum absolute atomic E-state index is 0.0720. The van der Waals surface area contributed by atoms with E-state index in [1.165, 1.54) is 7.11 Å². The van der Waals surface area contributed by atoms with Crippen LogP contribution in [0.1, 0.15) is 17.2 Å². The van der Waals surface area contributed by atoms with Crippen LogP contribution in [0.4, 0.5) is 0 Å². The van der Waals surface area contributed by atoms with E-state index in [-0.39, 0.29) is 5.75 Å². The molecule has 0 heterocycles. The predicted molar refractivity (Wildman–Crippen MR) is 66.0 cm³/mol. The first-order valence-corrected chi connectivity index (χ1v) is 5.70. The molecule has 1 aromatic carbocycles. The number of methoxy groups -OCH3 is 1. The van der Waals surface area contributed by atoms with Gasteiger partial charge in [0.15, 0.2) is 0 Å². The fourth-order valence-electron chi connectivity index (χ4n) is 1.58. The lowest BCUT2D eigenvalue weighted by Crippen LogP contribution is -2.17. The number of rotatable bonds is 4. The minimum atomic E-state index is -0.745. The Bertz CT molecular complexity index is 382. The highest BCUT2D eigenvalue weighted by Crippen LogP contribution is 2.39. The Morgan fingerprint density at radius 3 is 2.69 bits per heavy atom. The molecular weight excluding hydrogens is 274 g/mol. The second-order valence-corrected chi connectivity index (χ2v) is 4.38. The van der Waals surface area contributed by atoms with Crippen LogP contribution in [0.3, 0.4) is 0 Å². The largest absolute Gasteiger partial charge is 0.507 e. The zero-order chi connectivity index (χ0) is 12.3. The summed E-state index contributed by atoms with van der Waals surface area (Å²) < 4.78 is 5.87. The molecule has 0 radical (unpaired) electrons. The topological polar surface area (TPSA) is 61.7 Å². The van der Waals surface area contributed by atoms with Crippen molar-refractivity contribution >= 4 is 15.9 Å². The van der Waals surface area contributed by atoms with Crippen molar-refractivity contribution in [1.29, 1.82) is 0 Å². The van der Waals surface area contributed by atoms with Crippen LogP contribution in [0.15, 0.2) is 10.5 Å². The molecule has 0 saturated carbocycles. The molecule has 0 spiro atoms. The first-order chi connectivity index (χ1) is 7.52. The molecule has 3 N–H and O–H groups in total. The first kappa shape index (κ1) is 13.3. The van der Waals surface area contributed by atoms with Crippen LogP contribution in [-0.2, 0) is 0 Å². The molecule has 0 amide bonds. The van der Waals surface area contributed by atoms with Gasteiger partial charge in [0.2, 0.25) is 0 Å². The number of aliphatic hydroxyl groups is 1. The van der Waals surface area contributed by atoms with Crippen LogP contribution < -0.4 is 10.1 Å². The van der Waals surface area contributed by atoms with Gasteiger partial charge in [-0.1, -0.05) is 0 Å². The Hall–Kier alpha value is -0.780. The lowest BCUT2D eigenvalue weighted by atomic mass is 10.0. The number of aliphatic hydroxyl groups excluding tert-OH is 1. The van der Waals surface area contributed by atoms with Crippen LogP contribution in [0.25, 0.3) is 0 Å². The quantitative estimate of drug-likeness (QED) is 0.790. The van der Waals surface area contributed by atoms with Crippen LogP contribution in [0.5, 0.6) is 11.5 Å². The number of benzene rings is 1. The van der Waals surface area contributed by atoms with E-state index >= 15 is 0 Å². The molecule has 1 aromatic rings. The van der Waals surface area contributed by atoms with Gasteiger partial charge in [-0.2, -0.15) is 0 Å². The Labute approximate surface area is 103 Å². The van der Waals surface area contributed by atoms with Gasteiger partial charge >= 0.3 is 0 Å². The van der Waals surface area contributed by atoms with Crippen molar-refractivity contribution < 1.29 is 14.9 Å². The molecule has 16 heavy (non-hydrogen) atoms. The first-order valence-electron chi connectivity index (χ1n) is 4.91. The fraction of sp³-hybridized carbons (Fsp3) is 0.455. The summed E-state index contributed by atoms with van der Waals surface area (Å²) in [5, 5.41) is 22.6. The van der Waals surface area contributed by atoms with Crippen molar-refractivity contribution in [2.75, 3.05) is 20.7 Å². The van der Waals surface area contributed by atoms with Gasteiger partial charge < -0.3 is 20.3 Å². The predicted octanol–water partition coefficient (Wildman–Crippen LogP) is 1.72. The highest BCUT2D eigenvalue weighted by atomic mass is 79.9. The Morgan fingerprint density at radius 1 is 1.56 bits per heavy atom. The van der Waals surface area contributed by atoms with Crippen LogP contribution in [-0.4, -0.2) is 30.9 Å². The third-order valence-electron chi connectivity index (χ3n) is 2.43. The normalized spacial score (nSPS) is 12.6. The second-order valence-electron chi connectivity index (χ2n) is 3.53. The number of phenols is 1. The molecule has 0 aliphatic rings. The van der Waals surface area contributed by atoms with Crippen molar-refractivity contribution in [2.24, 2.45) is 0 Å². The molecule has 90 valence electrons. The summed E-state index contributed by atoms with van der Waals surface area (Å²) in [5.74, 6) is 0.653. The number of hydrogen-bond acceptors (Lipinski definition) is 4. The van der Waals surface area contributed by atoms with Gasteiger partial charge in [0, 0.05) is 17.7 Å². The lowest BCUT2D eigenvalue weighted by molar-refractivity contribution is 0.173. The summed E-state index contributed by atoms with van der Waals surface area (Å²) in [5.41, 5.74) is 1.10. The van der Waals surface area contributed by atoms with Gasteiger partial charge in [-0.25, -0.2) is 0 Å². The van der Waals surface area contributed by atoms with E-state index in [0.717, 1.165) is 4.47 Å². The molecule has 1 unspecified atom stereocenters. The smallest absolute Gasteiger partial charge is 0.139 e. The third kappa shape index (κ3) is 2.48. The highest BCUT2D eigenvalue weighted by molar-refractivity contribution is 9.10. The summed E-state index contributed by atoms with van der Waals surface area (Å²) in [6, 6.07) is 1.67. The molecule has 0 fully saturated rings. The molecule has 0 aliphatic carbocycles. The number of halogens is 1. The molecule has 1 atom stereocenters. The number of likely N-dealkylation sites (N-methyl/N-ethyl adjacent to an activating group) is 1. The third-order valence-corrected chi connectivity index (χ3v) is 3.02. The standard InChI is InChI=1S/C11H16BrNO3/c1-6-10(15)7(9(14)5-13-2)4-8(12)11(6)16-3/h4,9,13-15H,5H2,1-3H3. The zero-order valence-electron chi connectivity index (χ0n) is 9.54. The average Bonchev–Trinajstić information content (AvgIpc) is 2.24. The maximum Gasteiger partial charge on any atom is 0.139 e. The van der Waals surface area contributed by atoms with Crippen molar-refractivity contribution in [2.45, 2.75) is 13.0 Å². The molecule has 0 aromatic heterocycles. The SMILES string of the molecule is CNCC(O)c1cc(Br)c(OC)c(C)c1O. The minimum Gasteiger partial charge on any atom is -0.507 e. The average molecular weight is 290 g/mol. The van der Waals surface area contributed by atoms with Gasteiger partial charge in [0.25, 0.3) is 0 Å². The number of ether oxygens (including phenoxy) is 1. The van der Waals surface area contributed by atoms with Gasteiger partial charge in [-0.15, -0.1) is 0 Å². The molecule has 0 aliphatic heterocycles. The van der Waals surface area contributed by atoms with Crippen molar-refractivity contribution in [1.82, 2.24) is 5.32 Å². The van der Waals surface area contributed by atoms with E-state index in [0.29, 0.717) is 23.4 Å². The maximum absolute atomic E-state index is 9.94. The summed E-state index contributed by atoms with van der Waals surface area (Å²) >= 11 is 3.34. The Balaban J connectivity index is 3.22. The summed E-state index contributed by atoms with van der Waals surface area (Å²) in [6.07, 6.45) is -0.745. The highest BCUT2D eigenvalue weighted by Gasteiger charge is 2.18. The number of phenolic OH excluding ortho intramolecular Hbond substituents is 1. The Morgan fingerprint density at radius 2 is 2.19 bits per heavy atom. The van der Waals surface area contributed by atoms with E-state index in [4.69, 9.17) is 4.74 Å². The molecular formula is C11H16BrNO3. The van der Waals surface area contributed by atoms with Crippen molar-refractivity contribution in [3.63, 3.8) is 0 Å². The van der Waals surface area contributed by atoms with E-state index < -0.39 is 6.10 Å². The van der Waals surface area contributed by atoms with Crippen molar-refractivity contribution in [3.8, 4) is 11.5 Å². The van der Waals surface area contributed by atoms with Gasteiger partial charge in [0.1, 0.15) is 11.5 Å². The fourth-order valence-corrected chi connectivity index (χ4v) is 2.29. The molecule has 0 saturated heterocycles. The molecule has 0 bridgehead atoms. The van der Waals surface area contributed by atoms with Gasteiger partial charge in [0.05, 0.1) is 17.7 Å². The number of nitrogens with one attached hydrogen (secondary N) is 1. The van der Waals surface area contributed by atoms with E-state index in [9.17, 15) is 10.2 Å². The number of hydrogen-bond donors (Lipinski definition) is 3. The molecule has 1 rings (SSSR count). The van der Waals surface area contributed by atoms with Crippen LogP contribution in [0.2, 0.25) is 0 Å².